The fraction of sp³-hybridized carbons (Fsp3) is 0.412. The van der Waals surface area contributed by atoms with E-state index in [-0.39, 0.29) is 11.2 Å². The van der Waals surface area contributed by atoms with Crippen LogP contribution in [0.2, 0.25) is 0 Å². The lowest BCUT2D eigenvalue weighted by atomic mass is 9.81. The Kier molecular flexibility index (Phi) is 3.18. The molecule has 2 aromatic rings. The molecule has 0 N–H and O–H groups in total. The molecule has 0 spiro atoms. The van der Waals surface area contributed by atoms with Crippen molar-refractivity contribution in [2.24, 2.45) is 0 Å². The van der Waals surface area contributed by atoms with Gasteiger partial charge < -0.3 is 0 Å². The van der Waals surface area contributed by atoms with Crippen LogP contribution in [-0.4, -0.2) is 0 Å². The standard InChI is InChI=1S/C17H21F/c1-11(2)12-8-13-9-14(18)6-7-15(13)16(10-12)17(3,4)5/h6-11H,1-5H3. The van der Waals surface area contributed by atoms with Crippen LogP contribution in [0.3, 0.4) is 0 Å². The highest BCUT2D eigenvalue weighted by atomic mass is 19.1. The van der Waals surface area contributed by atoms with Crippen LogP contribution >= 0.6 is 0 Å². The van der Waals surface area contributed by atoms with Crippen LogP contribution in [0.1, 0.15) is 51.7 Å². The second-order valence-corrected chi connectivity index (χ2v) is 6.34. The Hall–Kier alpha value is -1.37. The molecular formula is C17H21F. The van der Waals surface area contributed by atoms with E-state index < -0.39 is 0 Å². The van der Waals surface area contributed by atoms with Gasteiger partial charge in [0.05, 0.1) is 0 Å². The molecule has 2 rings (SSSR count). The van der Waals surface area contributed by atoms with Crippen LogP contribution in [0, 0.1) is 5.82 Å². The molecule has 0 nitrogen and oxygen atoms in total. The number of halogens is 1. The summed E-state index contributed by atoms with van der Waals surface area (Å²) in [6, 6.07) is 9.46. The second-order valence-electron chi connectivity index (χ2n) is 6.34. The molecule has 18 heavy (non-hydrogen) atoms. The van der Waals surface area contributed by atoms with Crippen molar-refractivity contribution in [2.75, 3.05) is 0 Å². The van der Waals surface area contributed by atoms with Crippen LogP contribution in [0.25, 0.3) is 10.8 Å². The summed E-state index contributed by atoms with van der Waals surface area (Å²) < 4.78 is 13.4. The van der Waals surface area contributed by atoms with Crippen LogP contribution in [0.5, 0.6) is 0 Å². The second kappa shape index (κ2) is 4.38. The fourth-order valence-electron chi connectivity index (χ4n) is 2.32. The van der Waals surface area contributed by atoms with Crippen molar-refractivity contribution in [1.82, 2.24) is 0 Å². The molecular weight excluding hydrogens is 223 g/mol. The molecule has 0 atom stereocenters. The van der Waals surface area contributed by atoms with E-state index in [9.17, 15) is 4.39 Å². The topological polar surface area (TPSA) is 0 Å². The first-order valence-electron chi connectivity index (χ1n) is 6.53. The molecule has 96 valence electrons. The molecule has 0 amide bonds. The van der Waals surface area contributed by atoms with Crippen molar-refractivity contribution < 1.29 is 4.39 Å². The summed E-state index contributed by atoms with van der Waals surface area (Å²) >= 11 is 0. The highest BCUT2D eigenvalue weighted by molar-refractivity contribution is 5.87. The predicted octanol–water partition coefficient (Wildman–Crippen LogP) is 5.40. The van der Waals surface area contributed by atoms with Crippen molar-refractivity contribution in [3.8, 4) is 0 Å². The molecule has 2 aromatic carbocycles. The van der Waals surface area contributed by atoms with E-state index in [0.717, 1.165) is 10.8 Å². The lowest BCUT2D eigenvalue weighted by molar-refractivity contribution is 0.593. The molecule has 0 fully saturated rings. The molecule has 0 saturated heterocycles. The van der Waals surface area contributed by atoms with E-state index in [0.29, 0.717) is 5.92 Å². The summed E-state index contributed by atoms with van der Waals surface area (Å²) in [7, 11) is 0. The zero-order chi connectivity index (χ0) is 13.5. The molecule has 1 heteroatoms. The van der Waals surface area contributed by atoms with E-state index in [4.69, 9.17) is 0 Å². The zero-order valence-corrected chi connectivity index (χ0v) is 11.8. The van der Waals surface area contributed by atoms with Crippen molar-refractivity contribution in [1.29, 1.82) is 0 Å². The Morgan fingerprint density at radius 1 is 1.00 bits per heavy atom. The zero-order valence-electron chi connectivity index (χ0n) is 11.8. The monoisotopic (exact) mass is 244 g/mol. The fourth-order valence-corrected chi connectivity index (χ4v) is 2.32. The van der Waals surface area contributed by atoms with Crippen molar-refractivity contribution >= 4 is 10.8 Å². The smallest absolute Gasteiger partial charge is 0.123 e. The van der Waals surface area contributed by atoms with Gasteiger partial charge in [0.15, 0.2) is 0 Å². The quantitative estimate of drug-likeness (QED) is 0.630. The van der Waals surface area contributed by atoms with Gasteiger partial charge in [0.1, 0.15) is 5.82 Å². The number of benzene rings is 2. The SMILES string of the molecule is CC(C)c1cc(C(C)(C)C)c2ccc(F)cc2c1. The largest absolute Gasteiger partial charge is 0.207 e. The predicted molar refractivity (Wildman–Crippen MR) is 76.7 cm³/mol. The first-order chi connectivity index (χ1) is 8.29. The molecule has 0 aliphatic carbocycles. The Balaban J connectivity index is 2.81. The third-order valence-corrected chi connectivity index (χ3v) is 3.41. The summed E-state index contributed by atoms with van der Waals surface area (Å²) in [5.41, 5.74) is 2.64. The lowest BCUT2D eigenvalue weighted by Crippen LogP contribution is -2.12. The average Bonchev–Trinajstić information content (AvgIpc) is 2.25. The molecule has 0 unspecified atom stereocenters. The minimum atomic E-state index is -0.164. The summed E-state index contributed by atoms with van der Waals surface area (Å²) in [4.78, 5) is 0. The highest BCUT2D eigenvalue weighted by Gasteiger charge is 2.18. The number of rotatable bonds is 1. The van der Waals surface area contributed by atoms with Gasteiger partial charge in [-0.1, -0.05) is 52.8 Å². The van der Waals surface area contributed by atoms with Gasteiger partial charge in [-0.05, 0) is 45.4 Å². The van der Waals surface area contributed by atoms with Gasteiger partial charge in [-0.2, -0.15) is 0 Å². The normalized spacial score (nSPS) is 12.4. The Morgan fingerprint density at radius 3 is 2.22 bits per heavy atom. The van der Waals surface area contributed by atoms with E-state index >= 15 is 0 Å². The van der Waals surface area contributed by atoms with E-state index in [1.807, 2.05) is 6.07 Å². The summed E-state index contributed by atoms with van der Waals surface area (Å²) in [6.45, 7) is 11.0. The average molecular weight is 244 g/mol. The van der Waals surface area contributed by atoms with Gasteiger partial charge in [0.2, 0.25) is 0 Å². The maximum absolute atomic E-state index is 13.4. The maximum Gasteiger partial charge on any atom is 0.123 e. The van der Waals surface area contributed by atoms with Gasteiger partial charge in [0.25, 0.3) is 0 Å². The van der Waals surface area contributed by atoms with Crippen LogP contribution in [0.4, 0.5) is 4.39 Å². The lowest BCUT2D eigenvalue weighted by Gasteiger charge is -2.23. The number of hydrogen-bond acceptors (Lipinski definition) is 0. The third kappa shape index (κ3) is 2.40. The Labute approximate surface area is 109 Å². The van der Waals surface area contributed by atoms with E-state index in [1.165, 1.54) is 11.1 Å². The third-order valence-electron chi connectivity index (χ3n) is 3.41. The molecule has 0 aliphatic rings. The molecule has 0 aromatic heterocycles. The summed E-state index contributed by atoms with van der Waals surface area (Å²) in [5.74, 6) is 0.294. The van der Waals surface area contributed by atoms with Gasteiger partial charge in [-0.3, -0.25) is 0 Å². The highest BCUT2D eigenvalue weighted by Crippen LogP contribution is 2.33. The molecule has 0 bridgehead atoms. The van der Waals surface area contributed by atoms with E-state index in [1.54, 1.807) is 12.1 Å². The van der Waals surface area contributed by atoms with E-state index in [2.05, 4.69) is 46.8 Å². The minimum Gasteiger partial charge on any atom is -0.207 e. The van der Waals surface area contributed by atoms with Gasteiger partial charge in [-0.25, -0.2) is 4.39 Å². The first kappa shape index (κ1) is 13.1. The van der Waals surface area contributed by atoms with Gasteiger partial charge in [0, 0.05) is 0 Å². The van der Waals surface area contributed by atoms with Crippen molar-refractivity contribution in [3.63, 3.8) is 0 Å². The molecule has 0 aliphatic heterocycles. The molecule has 0 radical (unpaired) electrons. The number of fused-ring (bicyclic) bond motifs is 1. The molecule has 0 heterocycles. The van der Waals surface area contributed by atoms with Gasteiger partial charge in [-0.15, -0.1) is 0 Å². The van der Waals surface area contributed by atoms with Crippen molar-refractivity contribution in [3.05, 3.63) is 47.3 Å². The Morgan fingerprint density at radius 2 is 1.67 bits per heavy atom. The van der Waals surface area contributed by atoms with Crippen LogP contribution in [-0.2, 0) is 5.41 Å². The number of hydrogen-bond donors (Lipinski definition) is 0. The minimum absolute atomic E-state index is 0.0704. The van der Waals surface area contributed by atoms with Crippen LogP contribution < -0.4 is 0 Å². The maximum atomic E-state index is 13.4. The summed E-state index contributed by atoms with van der Waals surface area (Å²) in [6.07, 6.45) is 0. The molecule has 0 saturated carbocycles. The summed E-state index contributed by atoms with van der Waals surface area (Å²) in [5, 5.41) is 2.17. The Bertz CT molecular complexity index is 574. The van der Waals surface area contributed by atoms with Gasteiger partial charge >= 0.3 is 0 Å². The first-order valence-corrected chi connectivity index (χ1v) is 6.53. The van der Waals surface area contributed by atoms with Crippen LogP contribution in [0.15, 0.2) is 30.3 Å². The van der Waals surface area contributed by atoms with Crippen molar-refractivity contribution in [2.45, 2.75) is 46.0 Å².